The largest absolute Gasteiger partial charge is 0.479 e. The van der Waals surface area contributed by atoms with Crippen molar-refractivity contribution in [2.75, 3.05) is 0 Å². The average molecular weight is 521 g/mol. The highest BCUT2D eigenvalue weighted by Crippen LogP contribution is 2.31. The van der Waals surface area contributed by atoms with Crippen LogP contribution in [0.2, 0.25) is 0 Å². The van der Waals surface area contributed by atoms with E-state index in [2.05, 4.69) is 10.3 Å². The molecule has 1 aromatic heterocycles. The van der Waals surface area contributed by atoms with Gasteiger partial charge in [-0.1, -0.05) is 61.4 Å². The Bertz CT molecular complexity index is 1310. The third kappa shape index (κ3) is 6.20. The van der Waals surface area contributed by atoms with E-state index in [0.717, 1.165) is 35.0 Å². The molecule has 0 saturated carbocycles. The molecule has 1 unspecified atom stereocenters. The predicted octanol–water partition coefficient (Wildman–Crippen LogP) is 3.21. The Morgan fingerprint density at radius 1 is 0.947 bits per heavy atom. The van der Waals surface area contributed by atoms with Gasteiger partial charge in [-0.3, -0.25) is 19.6 Å². The molecule has 2 heterocycles. The second kappa shape index (κ2) is 12.4. The smallest absolute Gasteiger partial charge is 0.330 e. The molecule has 3 amide bonds. The van der Waals surface area contributed by atoms with Gasteiger partial charge in [-0.25, -0.2) is 10.3 Å². The number of benzene rings is 2. The quantitative estimate of drug-likeness (QED) is 0.149. The number of carboxylic acids is 1. The number of amides is 3. The van der Waals surface area contributed by atoms with E-state index in [9.17, 15) is 24.3 Å². The minimum atomic E-state index is -1.24. The van der Waals surface area contributed by atoms with Crippen molar-refractivity contribution in [1.82, 2.24) is 20.7 Å². The summed E-state index contributed by atoms with van der Waals surface area (Å²) in [5.74, 6) is -2.32. The van der Waals surface area contributed by atoms with Crippen molar-refractivity contribution in [3.8, 4) is 0 Å². The molecule has 0 spiro atoms. The number of para-hydroxylation sites is 1. The summed E-state index contributed by atoms with van der Waals surface area (Å²) in [6.45, 7) is 0.223. The molecular weight excluding hydrogens is 488 g/mol. The first-order valence-corrected chi connectivity index (χ1v) is 12.8. The normalized spacial score (nSPS) is 15.5. The first-order valence-electron chi connectivity index (χ1n) is 12.8. The van der Waals surface area contributed by atoms with Crippen LogP contribution in [0.5, 0.6) is 0 Å². The van der Waals surface area contributed by atoms with Crippen LogP contribution in [0.25, 0.3) is 10.9 Å². The lowest BCUT2D eigenvalue weighted by Crippen LogP contribution is -2.53. The van der Waals surface area contributed by atoms with Gasteiger partial charge in [0.05, 0.1) is 6.54 Å². The molecule has 0 radical (unpaired) electrons. The number of aliphatic carboxylic acids is 1. The van der Waals surface area contributed by atoms with E-state index < -0.39 is 29.9 Å². The highest BCUT2D eigenvalue weighted by Gasteiger charge is 2.37. The fraction of sp³-hybridized carbons (Fsp3) is 0.357. The minimum Gasteiger partial charge on any atom is -0.479 e. The topological polar surface area (TPSA) is 152 Å². The fourth-order valence-electron chi connectivity index (χ4n) is 4.99. The number of nitrogens with one attached hydrogen (secondary N) is 3. The van der Waals surface area contributed by atoms with Crippen molar-refractivity contribution >= 4 is 34.6 Å². The van der Waals surface area contributed by atoms with Gasteiger partial charge in [0.2, 0.25) is 17.7 Å². The van der Waals surface area contributed by atoms with Gasteiger partial charge in [-0.2, -0.15) is 0 Å². The molecule has 38 heavy (non-hydrogen) atoms. The summed E-state index contributed by atoms with van der Waals surface area (Å²) >= 11 is 0. The van der Waals surface area contributed by atoms with Crippen LogP contribution in [0.4, 0.5) is 0 Å². The molecule has 0 fully saturated rings. The lowest BCUT2D eigenvalue weighted by molar-refractivity contribution is -0.145. The van der Waals surface area contributed by atoms with Crippen molar-refractivity contribution in [3.05, 3.63) is 71.4 Å². The maximum Gasteiger partial charge on any atom is 0.330 e. The molecule has 0 bridgehead atoms. The van der Waals surface area contributed by atoms with E-state index in [1.807, 2.05) is 24.3 Å². The Balaban J connectivity index is 1.50. The highest BCUT2D eigenvalue weighted by atomic mass is 16.5. The zero-order chi connectivity index (χ0) is 27.1. The van der Waals surface area contributed by atoms with Crippen molar-refractivity contribution in [3.63, 3.8) is 0 Å². The van der Waals surface area contributed by atoms with Crippen LogP contribution in [-0.4, -0.2) is 49.9 Å². The van der Waals surface area contributed by atoms with Gasteiger partial charge in [-0.05, 0) is 30.0 Å². The number of H-pyrrole nitrogens is 1. The third-order valence-electron chi connectivity index (χ3n) is 6.96. The van der Waals surface area contributed by atoms with Gasteiger partial charge in [0.15, 0.2) is 6.04 Å². The maximum atomic E-state index is 13.5. The number of carbonyl (C=O) groups excluding carboxylic acids is 3. The van der Waals surface area contributed by atoms with Crippen molar-refractivity contribution < 1.29 is 29.5 Å². The highest BCUT2D eigenvalue weighted by molar-refractivity contribution is 5.93. The molecule has 5 N–H and O–H groups in total. The SMILES string of the molecule is O=C(CCCCCCC(=O)N1Cc2[nH]c3ccccc3c2CC1C(=O)N[C@H](C(=O)O)c1ccccc1)NO. The summed E-state index contributed by atoms with van der Waals surface area (Å²) in [7, 11) is 0. The Morgan fingerprint density at radius 3 is 2.34 bits per heavy atom. The molecular formula is C28H32N4O6. The Hall–Kier alpha value is -4.18. The van der Waals surface area contributed by atoms with Gasteiger partial charge in [-0.15, -0.1) is 0 Å². The summed E-state index contributed by atoms with van der Waals surface area (Å²) in [5.41, 5.74) is 4.80. The maximum absolute atomic E-state index is 13.5. The van der Waals surface area contributed by atoms with E-state index in [1.54, 1.807) is 35.8 Å². The molecule has 2 atom stereocenters. The standard InChI is InChI=1S/C28H32N4O6/c33-24(31-38)14-6-1-2-7-15-25(34)32-17-22-20(19-12-8-9-13-21(19)29-22)16-23(32)27(35)30-26(28(36)37)18-10-4-3-5-11-18/h3-5,8-13,23,26,29,38H,1-2,6-7,14-17H2,(H,30,35)(H,31,33)(H,36,37)/t23?,26-/m0/s1. The van der Waals surface area contributed by atoms with Gasteiger partial charge < -0.3 is 20.3 Å². The van der Waals surface area contributed by atoms with Crippen LogP contribution in [0.1, 0.15) is 61.4 Å². The predicted molar refractivity (Wildman–Crippen MR) is 139 cm³/mol. The van der Waals surface area contributed by atoms with Crippen LogP contribution in [0.15, 0.2) is 54.6 Å². The Kier molecular flexibility index (Phi) is 8.75. The molecule has 2 aromatic carbocycles. The number of carboxylic acid groups (broad SMARTS) is 1. The number of aromatic amines is 1. The van der Waals surface area contributed by atoms with E-state index in [1.165, 1.54) is 4.90 Å². The molecule has 10 nitrogen and oxygen atoms in total. The Labute approximate surface area is 220 Å². The summed E-state index contributed by atoms with van der Waals surface area (Å²) in [5, 5.41) is 22.0. The number of carbonyl (C=O) groups is 4. The second-order valence-electron chi connectivity index (χ2n) is 9.51. The van der Waals surface area contributed by atoms with Crippen molar-refractivity contribution in [2.45, 2.75) is 63.6 Å². The molecule has 0 aliphatic carbocycles. The molecule has 0 saturated heterocycles. The van der Waals surface area contributed by atoms with Crippen LogP contribution in [0, 0.1) is 0 Å². The molecule has 1 aliphatic rings. The molecule has 4 rings (SSSR count). The number of rotatable bonds is 11. The summed E-state index contributed by atoms with van der Waals surface area (Å²) in [6, 6.07) is 14.1. The van der Waals surface area contributed by atoms with Crippen LogP contribution >= 0.6 is 0 Å². The first kappa shape index (κ1) is 26.9. The third-order valence-corrected chi connectivity index (χ3v) is 6.96. The molecule has 3 aromatic rings. The van der Waals surface area contributed by atoms with E-state index in [4.69, 9.17) is 5.21 Å². The van der Waals surface area contributed by atoms with E-state index in [-0.39, 0.29) is 31.7 Å². The molecule has 10 heteroatoms. The monoisotopic (exact) mass is 520 g/mol. The number of hydroxylamine groups is 1. The van der Waals surface area contributed by atoms with Crippen molar-refractivity contribution in [1.29, 1.82) is 0 Å². The van der Waals surface area contributed by atoms with Gasteiger partial charge in [0.25, 0.3) is 0 Å². The number of nitrogens with zero attached hydrogens (tertiary/aromatic N) is 1. The lowest BCUT2D eigenvalue weighted by Gasteiger charge is -2.35. The van der Waals surface area contributed by atoms with Crippen LogP contribution in [-0.2, 0) is 32.1 Å². The Morgan fingerprint density at radius 2 is 1.63 bits per heavy atom. The lowest BCUT2D eigenvalue weighted by atomic mass is 9.94. The van der Waals surface area contributed by atoms with E-state index >= 15 is 0 Å². The van der Waals surface area contributed by atoms with E-state index in [0.29, 0.717) is 18.4 Å². The van der Waals surface area contributed by atoms with Crippen molar-refractivity contribution in [2.24, 2.45) is 0 Å². The second-order valence-corrected chi connectivity index (χ2v) is 9.51. The number of fused-ring (bicyclic) bond motifs is 3. The van der Waals surface area contributed by atoms with Crippen LogP contribution in [0.3, 0.4) is 0 Å². The molecule has 200 valence electrons. The summed E-state index contributed by atoms with van der Waals surface area (Å²) in [4.78, 5) is 54.9. The summed E-state index contributed by atoms with van der Waals surface area (Å²) in [6.07, 6.45) is 3.36. The number of hydrogen-bond donors (Lipinski definition) is 5. The fourth-order valence-corrected chi connectivity index (χ4v) is 4.99. The average Bonchev–Trinajstić information content (AvgIpc) is 3.30. The molecule has 1 aliphatic heterocycles. The summed E-state index contributed by atoms with van der Waals surface area (Å²) < 4.78 is 0. The zero-order valence-electron chi connectivity index (χ0n) is 21.0. The van der Waals surface area contributed by atoms with Gasteiger partial charge in [0, 0.05) is 35.9 Å². The van der Waals surface area contributed by atoms with Gasteiger partial charge >= 0.3 is 5.97 Å². The first-order chi connectivity index (χ1) is 18.4. The number of unbranched alkanes of at least 4 members (excludes halogenated alkanes) is 3. The minimum absolute atomic E-state index is 0.186. The number of aromatic nitrogens is 1. The number of hydrogen-bond acceptors (Lipinski definition) is 5. The zero-order valence-corrected chi connectivity index (χ0v) is 21.0. The van der Waals surface area contributed by atoms with Gasteiger partial charge in [0.1, 0.15) is 6.04 Å². The van der Waals surface area contributed by atoms with Crippen LogP contribution < -0.4 is 10.8 Å².